The van der Waals surface area contributed by atoms with E-state index in [0.717, 1.165) is 50.1 Å². The lowest BCUT2D eigenvalue weighted by molar-refractivity contribution is -0.138. The summed E-state index contributed by atoms with van der Waals surface area (Å²) in [5.41, 5.74) is 2.58. The monoisotopic (exact) mass is 357 g/mol. The topological polar surface area (TPSA) is 58.7 Å². The zero-order valence-corrected chi connectivity index (χ0v) is 15.4. The molecule has 2 fully saturated rings. The molecule has 2 heterocycles. The molecule has 0 atom stereocenters. The lowest BCUT2D eigenvalue weighted by Gasteiger charge is -2.37. The highest BCUT2D eigenvalue weighted by atomic mass is 16.4. The van der Waals surface area contributed by atoms with Gasteiger partial charge in [-0.3, -0.25) is 14.3 Å². The molecule has 1 aromatic carbocycles. The third kappa shape index (κ3) is 3.43. The van der Waals surface area contributed by atoms with Gasteiger partial charge in [0.15, 0.2) is 5.58 Å². The molecule has 1 saturated carbocycles. The zero-order chi connectivity index (χ0) is 18.1. The van der Waals surface area contributed by atoms with Gasteiger partial charge < -0.3 is 9.32 Å². The molecule has 26 heavy (non-hydrogen) atoms. The molecule has 0 N–H and O–H groups in total. The third-order valence-corrected chi connectivity index (χ3v) is 5.80. The van der Waals surface area contributed by atoms with Crippen LogP contribution in [0.4, 0.5) is 0 Å². The summed E-state index contributed by atoms with van der Waals surface area (Å²) in [4.78, 5) is 29.1. The molecule has 140 valence electrons. The largest absolute Gasteiger partial charge is 0.421 e. The average molecular weight is 357 g/mol. The molecule has 6 heteroatoms. The molecule has 4 rings (SSSR count). The Balaban J connectivity index is 1.40. The number of oxazole rings is 1. The van der Waals surface area contributed by atoms with Gasteiger partial charge in [0.25, 0.3) is 0 Å². The first kappa shape index (κ1) is 17.3. The Bertz CT molecular complexity index is 840. The zero-order valence-electron chi connectivity index (χ0n) is 15.4. The molecule has 0 spiro atoms. The molecule has 6 nitrogen and oxygen atoms in total. The van der Waals surface area contributed by atoms with E-state index >= 15 is 0 Å². The van der Waals surface area contributed by atoms with E-state index in [2.05, 4.69) is 4.90 Å². The van der Waals surface area contributed by atoms with E-state index in [0.29, 0.717) is 18.2 Å². The second-order valence-electron chi connectivity index (χ2n) is 7.69. The molecule has 1 aliphatic carbocycles. The Labute approximate surface area is 153 Å². The number of amides is 1. The highest BCUT2D eigenvalue weighted by Crippen LogP contribution is 2.26. The van der Waals surface area contributed by atoms with Crippen molar-refractivity contribution in [2.45, 2.75) is 45.7 Å². The summed E-state index contributed by atoms with van der Waals surface area (Å²) in [7, 11) is 0. The number of benzene rings is 1. The van der Waals surface area contributed by atoms with Crippen molar-refractivity contribution in [1.82, 2.24) is 14.4 Å². The summed E-state index contributed by atoms with van der Waals surface area (Å²) in [5.74, 6) is 0.260. The number of hydrogen-bond acceptors (Lipinski definition) is 4. The predicted octanol–water partition coefficient (Wildman–Crippen LogP) is 2.58. The summed E-state index contributed by atoms with van der Waals surface area (Å²) in [6.07, 6.45) is 5.74. The molecule has 1 saturated heterocycles. The van der Waals surface area contributed by atoms with Gasteiger partial charge >= 0.3 is 5.76 Å². The first-order valence-electron chi connectivity index (χ1n) is 9.73. The van der Waals surface area contributed by atoms with Crippen LogP contribution in [0.3, 0.4) is 0 Å². The van der Waals surface area contributed by atoms with E-state index in [1.807, 2.05) is 30.0 Å². The number of carbonyl (C=O) groups excluding carboxylic acids is 1. The second-order valence-corrected chi connectivity index (χ2v) is 7.69. The van der Waals surface area contributed by atoms with Gasteiger partial charge in [-0.25, -0.2) is 4.79 Å². The van der Waals surface area contributed by atoms with Crippen molar-refractivity contribution in [3.63, 3.8) is 0 Å². The fraction of sp³-hybridized carbons (Fsp3) is 0.600. The molecule has 0 unspecified atom stereocenters. The summed E-state index contributed by atoms with van der Waals surface area (Å²) in [5, 5.41) is 0. The van der Waals surface area contributed by atoms with Crippen molar-refractivity contribution in [2.75, 3.05) is 26.2 Å². The van der Waals surface area contributed by atoms with Gasteiger partial charge in [0, 0.05) is 32.1 Å². The number of aryl methyl sites for hydroxylation is 1. The fourth-order valence-electron chi connectivity index (χ4n) is 4.22. The van der Waals surface area contributed by atoms with Crippen LogP contribution in [-0.2, 0) is 11.5 Å². The number of piperazine rings is 1. The highest BCUT2D eigenvalue weighted by molar-refractivity contribution is 5.79. The lowest BCUT2D eigenvalue weighted by atomic mass is 9.88. The van der Waals surface area contributed by atoms with Gasteiger partial charge in [-0.15, -0.1) is 0 Å². The van der Waals surface area contributed by atoms with E-state index in [9.17, 15) is 9.59 Å². The second kappa shape index (κ2) is 7.27. The van der Waals surface area contributed by atoms with E-state index in [4.69, 9.17) is 4.42 Å². The molecule has 0 radical (unpaired) electrons. The Hall–Kier alpha value is -2.08. The van der Waals surface area contributed by atoms with Crippen LogP contribution in [0.25, 0.3) is 11.1 Å². The molecular formula is C20H27N3O3. The number of rotatable bonds is 3. The Morgan fingerprint density at radius 1 is 1.12 bits per heavy atom. The normalized spacial score (nSPS) is 20.0. The first-order chi connectivity index (χ1) is 12.6. The van der Waals surface area contributed by atoms with Gasteiger partial charge in [0.1, 0.15) is 0 Å². The first-order valence-corrected chi connectivity index (χ1v) is 9.73. The molecule has 1 aliphatic heterocycles. The summed E-state index contributed by atoms with van der Waals surface area (Å²) < 4.78 is 7.05. The van der Waals surface area contributed by atoms with Crippen molar-refractivity contribution in [2.24, 2.45) is 5.92 Å². The van der Waals surface area contributed by atoms with Crippen LogP contribution >= 0.6 is 0 Å². The highest BCUT2D eigenvalue weighted by Gasteiger charge is 2.28. The Morgan fingerprint density at radius 3 is 2.58 bits per heavy atom. The van der Waals surface area contributed by atoms with E-state index in [1.165, 1.54) is 19.3 Å². The van der Waals surface area contributed by atoms with Gasteiger partial charge in [-0.05, 0) is 37.5 Å². The van der Waals surface area contributed by atoms with Crippen LogP contribution in [-0.4, -0.2) is 46.5 Å². The number of nitrogens with zero attached hydrogens (tertiary/aromatic N) is 3. The lowest BCUT2D eigenvalue weighted by Crippen LogP contribution is -2.51. The van der Waals surface area contributed by atoms with Gasteiger partial charge in [-0.1, -0.05) is 25.3 Å². The van der Waals surface area contributed by atoms with Crippen molar-refractivity contribution >= 4 is 17.0 Å². The van der Waals surface area contributed by atoms with Crippen LogP contribution in [0.5, 0.6) is 0 Å². The van der Waals surface area contributed by atoms with Crippen molar-refractivity contribution < 1.29 is 9.21 Å². The quantitative estimate of drug-likeness (QED) is 0.847. The predicted molar refractivity (Wildman–Crippen MR) is 99.9 cm³/mol. The number of aromatic nitrogens is 1. The van der Waals surface area contributed by atoms with Crippen LogP contribution in [0.1, 0.15) is 37.7 Å². The van der Waals surface area contributed by atoms with Crippen molar-refractivity contribution in [3.8, 4) is 0 Å². The van der Waals surface area contributed by atoms with E-state index in [-0.39, 0.29) is 11.7 Å². The standard InChI is InChI=1S/C20H27N3O3/c1-15-7-8-18-17(13-15)23(20(25)26-18)14-21-9-11-22(12-10-21)19(24)16-5-3-2-4-6-16/h7-8,13,16H,2-6,9-12,14H2,1H3. The Morgan fingerprint density at radius 2 is 1.85 bits per heavy atom. The summed E-state index contributed by atoms with van der Waals surface area (Å²) in [6, 6.07) is 5.79. The summed E-state index contributed by atoms with van der Waals surface area (Å²) in [6.45, 7) is 5.61. The minimum Gasteiger partial charge on any atom is -0.408 e. The number of hydrogen-bond donors (Lipinski definition) is 0. The van der Waals surface area contributed by atoms with Crippen LogP contribution in [0.15, 0.2) is 27.4 Å². The van der Waals surface area contributed by atoms with Crippen molar-refractivity contribution in [1.29, 1.82) is 0 Å². The van der Waals surface area contributed by atoms with Crippen LogP contribution in [0, 0.1) is 12.8 Å². The van der Waals surface area contributed by atoms with Crippen molar-refractivity contribution in [3.05, 3.63) is 34.3 Å². The molecular weight excluding hydrogens is 330 g/mol. The van der Waals surface area contributed by atoms with Gasteiger partial charge in [-0.2, -0.15) is 0 Å². The molecule has 2 aliphatic rings. The average Bonchev–Trinajstić information content (AvgIpc) is 2.97. The van der Waals surface area contributed by atoms with Gasteiger partial charge in [0.05, 0.1) is 12.2 Å². The SMILES string of the molecule is Cc1ccc2oc(=O)n(CN3CCN(C(=O)C4CCCCC4)CC3)c2c1. The maximum Gasteiger partial charge on any atom is 0.421 e. The minimum absolute atomic E-state index is 0.235. The van der Waals surface area contributed by atoms with Crippen LogP contribution < -0.4 is 5.76 Å². The van der Waals surface area contributed by atoms with E-state index in [1.54, 1.807) is 4.57 Å². The molecule has 2 aromatic rings. The minimum atomic E-state index is -0.314. The summed E-state index contributed by atoms with van der Waals surface area (Å²) >= 11 is 0. The molecule has 0 bridgehead atoms. The Kier molecular flexibility index (Phi) is 4.85. The molecule has 1 aromatic heterocycles. The van der Waals surface area contributed by atoms with E-state index < -0.39 is 0 Å². The maximum atomic E-state index is 12.7. The van der Waals surface area contributed by atoms with Gasteiger partial charge in [0.2, 0.25) is 5.91 Å². The van der Waals surface area contributed by atoms with Crippen LogP contribution in [0.2, 0.25) is 0 Å². The third-order valence-electron chi connectivity index (χ3n) is 5.80. The number of carbonyl (C=O) groups is 1. The maximum absolute atomic E-state index is 12.7. The smallest absolute Gasteiger partial charge is 0.408 e. The number of fused-ring (bicyclic) bond motifs is 1. The molecule has 1 amide bonds. The fourth-order valence-corrected chi connectivity index (χ4v) is 4.22.